The first-order valence-corrected chi connectivity index (χ1v) is 9.17. The molecule has 0 aromatic carbocycles. The highest BCUT2D eigenvalue weighted by Gasteiger charge is 2.26. The monoisotopic (exact) mass is 368 g/mol. The largest absolute Gasteiger partial charge is 0.478 e. The third-order valence-corrected chi connectivity index (χ3v) is 5.57. The SMILES string of the molecule is Cc1c(C(=O)O)cc2c(-c3ccnn3C)ccn2c1C(C)N1CCOCC1. The number of carboxylic acid groups (broad SMARTS) is 1. The number of pyridine rings is 1. The van der Waals surface area contributed by atoms with Crippen molar-refractivity contribution < 1.29 is 14.6 Å². The molecular formula is C20H24N4O3. The molecular weight excluding hydrogens is 344 g/mol. The van der Waals surface area contributed by atoms with E-state index in [9.17, 15) is 9.90 Å². The summed E-state index contributed by atoms with van der Waals surface area (Å²) in [5.41, 5.74) is 4.99. The molecule has 1 aliphatic heterocycles. The summed E-state index contributed by atoms with van der Waals surface area (Å²) in [6.45, 7) is 7.14. The van der Waals surface area contributed by atoms with Crippen molar-refractivity contribution in [3.8, 4) is 11.3 Å². The van der Waals surface area contributed by atoms with Crippen LogP contribution in [0.2, 0.25) is 0 Å². The van der Waals surface area contributed by atoms with Gasteiger partial charge in [-0.15, -0.1) is 0 Å². The molecule has 0 spiro atoms. The minimum absolute atomic E-state index is 0.0856. The zero-order valence-electron chi connectivity index (χ0n) is 15.8. The molecule has 142 valence electrons. The maximum absolute atomic E-state index is 11.9. The van der Waals surface area contributed by atoms with Crippen molar-refractivity contribution in [3.05, 3.63) is 47.4 Å². The quantitative estimate of drug-likeness (QED) is 0.767. The van der Waals surface area contributed by atoms with Crippen LogP contribution in [-0.4, -0.2) is 56.5 Å². The number of aromatic carboxylic acids is 1. The predicted octanol–water partition coefficient (Wildman–Crippen LogP) is 2.74. The summed E-state index contributed by atoms with van der Waals surface area (Å²) in [6.07, 6.45) is 3.78. The highest BCUT2D eigenvalue weighted by molar-refractivity contribution is 5.93. The first-order valence-electron chi connectivity index (χ1n) is 9.17. The van der Waals surface area contributed by atoms with Crippen LogP contribution in [0.1, 0.15) is 34.6 Å². The molecule has 1 N–H and O–H groups in total. The van der Waals surface area contributed by atoms with Gasteiger partial charge in [0.1, 0.15) is 0 Å². The van der Waals surface area contributed by atoms with E-state index in [4.69, 9.17) is 4.74 Å². The standard InChI is InChI=1S/C20H24N4O3/c1-13-16(20(25)26)12-18-15(17-4-6-21-22(17)3)5-7-24(18)19(13)14(2)23-8-10-27-11-9-23/h4-7,12,14H,8-11H2,1-3H3,(H,25,26). The van der Waals surface area contributed by atoms with E-state index < -0.39 is 5.97 Å². The Labute approximate surface area is 157 Å². The number of aryl methyl sites for hydroxylation is 1. The molecule has 1 aliphatic rings. The van der Waals surface area contributed by atoms with Gasteiger partial charge in [0.25, 0.3) is 0 Å². The van der Waals surface area contributed by atoms with Gasteiger partial charge in [-0.1, -0.05) is 0 Å². The molecule has 1 fully saturated rings. The molecule has 0 aliphatic carbocycles. The molecule has 3 aromatic heterocycles. The van der Waals surface area contributed by atoms with Crippen LogP contribution in [0.15, 0.2) is 30.6 Å². The molecule has 0 saturated carbocycles. The third kappa shape index (κ3) is 2.93. The molecule has 27 heavy (non-hydrogen) atoms. The van der Waals surface area contributed by atoms with Gasteiger partial charge in [0.05, 0.1) is 30.0 Å². The van der Waals surface area contributed by atoms with Gasteiger partial charge in [0.2, 0.25) is 0 Å². The Balaban J connectivity index is 1.94. The lowest BCUT2D eigenvalue weighted by Crippen LogP contribution is -2.39. The number of fused-ring (bicyclic) bond motifs is 1. The van der Waals surface area contributed by atoms with Gasteiger partial charge in [-0.3, -0.25) is 9.58 Å². The van der Waals surface area contributed by atoms with Crippen molar-refractivity contribution in [3.63, 3.8) is 0 Å². The Bertz CT molecular complexity index is 998. The highest BCUT2D eigenvalue weighted by atomic mass is 16.5. The zero-order valence-corrected chi connectivity index (χ0v) is 15.8. The van der Waals surface area contributed by atoms with Crippen LogP contribution >= 0.6 is 0 Å². The molecule has 7 nitrogen and oxygen atoms in total. The van der Waals surface area contributed by atoms with Crippen molar-refractivity contribution in [2.45, 2.75) is 19.9 Å². The topological polar surface area (TPSA) is 72.0 Å². The fraction of sp³-hybridized carbons (Fsp3) is 0.400. The number of morpholine rings is 1. The van der Waals surface area contributed by atoms with E-state index >= 15 is 0 Å². The lowest BCUT2D eigenvalue weighted by Gasteiger charge is -2.34. The number of hydrogen-bond acceptors (Lipinski definition) is 4. The van der Waals surface area contributed by atoms with E-state index in [-0.39, 0.29) is 6.04 Å². The second kappa shape index (κ2) is 6.83. The smallest absolute Gasteiger partial charge is 0.336 e. The fourth-order valence-corrected chi connectivity index (χ4v) is 4.09. The van der Waals surface area contributed by atoms with Crippen molar-refractivity contribution in [2.75, 3.05) is 26.3 Å². The zero-order chi connectivity index (χ0) is 19.1. The van der Waals surface area contributed by atoms with E-state index in [0.717, 1.165) is 41.1 Å². The summed E-state index contributed by atoms with van der Waals surface area (Å²) in [5.74, 6) is -0.900. The van der Waals surface area contributed by atoms with E-state index in [1.165, 1.54) is 0 Å². The van der Waals surface area contributed by atoms with E-state index in [1.54, 1.807) is 16.9 Å². The Kier molecular flexibility index (Phi) is 4.49. The van der Waals surface area contributed by atoms with Crippen LogP contribution in [0, 0.1) is 6.92 Å². The number of hydrogen-bond donors (Lipinski definition) is 1. The van der Waals surface area contributed by atoms with Crippen LogP contribution in [0.5, 0.6) is 0 Å². The molecule has 0 amide bonds. The Morgan fingerprint density at radius 2 is 2.04 bits per heavy atom. The summed E-state index contributed by atoms with van der Waals surface area (Å²) in [4.78, 5) is 14.3. The van der Waals surface area contributed by atoms with Gasteiger partial charge in [0.15, 0.2) is 0 Å². The highest BCUT2D eigenvalue weighted by Crippen LogP contribution is 2.33. The molecule has 1 atom stereocenters. The summed E-state index contributed by atoms with van der Waals surface area (Å²) in [5, 5.41) is 14.0. The molecule has 7 heteroatoms. The van der Waals surface area contributed by atoms with Crippen molar-refractivity contribution >= 4 is 11.5 Å². The normalized spacial score (nSPS) is 16.7. The Morgan fingerprint density at radius 1 is 1.30 bits per heavy atom. The molecule has 0 radical (unpaired) electrons. The van der Waals surface area contributed by atoms with Crippen LogP contribution in [0.3, 0.4) is 0 Å². The first kappa shape index (κ1) is 17.8. The number of carboxylic acids is 1. The van der Waals surface area contributed by atoms with Crippen molar-refractivity contribution in [2.24, 2.45) is 7.05 Å². The summed E-state index contributed by atoms with van der Waals surface area (Å²) in [6, 6.07) is 5.84. The number of rotatable bonds is 4. The number of carbonyl (C=O) groups is 1. The summed E-state index contributed by atoms with van der Waals surface area (Å²) >= 11 is 0. The fourth-order valence-electron chi connectivity index (χ4n) is 4.09. The molecule has 3 aromatic rings. The first-order chi connectivity index (χ1) is 13.0. The van der Waals surface area contributed by atoms with Gasteiger partial charge < -0.3 is 14.2 Å². The van der Waals surface area contributed by atoms with E-state index in [2.05, 4.69) is 21.3 Å². The second-order valence-electron chi connectivity index (χ2n) is 7.02. The minimum atomic E-state index is -0.900. The molecule has 4 heterocycles. The summed E-state index contributed by atoms with van der Waals surface area (Å²) in [7, 11) is 1.89. The lowest BCUT2D eigenvalue weighted by atomic mass is 10.0. The molecule has 4 rings (SSSR count). The van der Waals surface area contributed by atoms with Crippen LogP contribution in [-0.2, 0) is 11.8 Å². The maximum atomic E-state index is 11.9. The summed E-state index contributed by atoms with van der Waals surface area (Å²) < 4.78 is 9.41. The second-order valence-corrected chi connectivity index (χ2v) is 7.02. The average molecular weight is 368 g/mol. The number of nitrogens with zero attached hydrogens (tertiary/aromatic N) is 4. The van der Waals surface area contributed by atoms with Crippen LogP contribution in [0.4, 0.5) is 0 Å². The van der Waals surface area contributed by atoms with E-state index in [1.807, 2.05) is 32.3 Å². The van der Waals surface area contributed by atoms with Gasteiger partial charge in [-0.25, -0.2) is 4.79 Å². The van der Waals surface area contributed by atoms with Gasteiger partial charge in [-0.2, -0.15) is 5.10 Å². The number of aromatic nitrogens is 3. The van der Waals surface area contributed by atoms with Crippen LogP contribution < -0.4 is 0 Å². The Hall–Kier alpha value is -2.64. The maximum Gasteiger partial charge on any atom is 0.336 e. The van der Waals surface area contributed by atoms with Crippen LogP contribution in [0.25, 0.3) is 16.8 Å². The number of ether oxygens (including phenoxy) is 1. The average Bonchev–Trinajstić information content (AvgIpc) is 3.26. The van der Waals surface area contributed by atoms with Crippen molar-refractivity contribution in [1.82, 2.24) is 19.1 Å². The van der Waals surface area contributed by atoms with Gasteiger partial charge >= 0.3 is 5.97 Å². The predicted molar refractivity (Wildman–Crippen MR) is 102 cm³/mol. The molecule has 1 saturated heterocycles. The van der Waals surface area contributed by atoms with Crippen molar-refractivity contribution in [1.29, 1.82) is 0 Å². The minimum Gasteiger partial charge on any atom is -0.478 e. The Morgan fingerprint density at radius 3 is 2.67 bits per heavy atom. The lowest BCUT2D eigenvalue weighted by molar-refractivity contribution is 0.0187. The van der Waals surface area contributed by atoms with Gasteiger partial charge in [-0.05, 0) is 37.6 Å². The third-order valence-electron chi connectivity index (χ3n) is 5.57. The molecule has 1 unspecified atom stereocenters. The van der Waals surface area contributed by atoms with Gasteiger partial charge in [0, 0.05) is 49.8 Å². The molecule has 0 bridgehead atoms. The van der Waals surface area contributed by atoms with E-state index in [0.29, 0.717) is 18.8 Å².